The molecule has 0 heterocycles. The number of nitrogens with one attached hydrogen (secondary N) is 1. The summed E-state index contributed by atoms with van der Waals surface area (Å²) in [5, 5.41) is 12.7. The fourth-order valence-electron chi connectivity index (χ4n) is 5.51. The number of aliphatic hydroxyl groups is 1. The molecule has 0 radical (unpaired) electrons. The average molecular weight is 570 g/mol. The Kier molecular flexibility index (Phi) is 10.3. The minimum Gasteiger partial charge on any atom is -0.491 e. The maximum Gasteiger partial charge on any atom is 0.337 e. The van der Waals surface area contributed by atoms with E-state index in [0.29, 0.717) is 56.0 Å². The molecule has 0 spiro atoms. The van der Waals surface area contributed by atoms with Crippen LogP contribution >= 0.6 is 7.60 Å². The number of hydrogen-bond acceptors (Lipinski definition) is 6. The highest BCUT2D eigenvalue weighted by Crippen LogP contribution is 2.63. The van der Waals surface area contributed by atoms with Crippen molar-refractivity contribution in [2.75, 3.05) is 13.2 Å². The van der Waals surface area contributed by atoms with Gasteiger partial charge in [0.05, 0.1) is 0 Å². The van der Waals surface area contributed by atoms with Crippen molar-refractivity contribution in [3.05, 3.63) is 90.5 Å². The first-order chi connectivity index (χ1) is 19.3. The van der Waals surface area contributed by atoms with Crippen LogP contribution in [0.5, 0.6) is 17.2 Å². The number of ether oxygens (including phenoxy) is 3. The highest BCUT2D eigenvalue weighted by atomic mass is 31.2. The Hall–Kier alpha value is -2.87. The minimum atomic E-state index is -4.62. The molecule has 3 aromatic carbocycles. The van der Waals surface area contributed by atoms with Crippen LogP contribution in [0.4, 0.5) is 0 Å². The SMILES string of the molecule is CCC(NCC(O)COc1cccc(OCc2ccccc2)c1)(Oc1ccccc1)C1(P(=O)(O)O)CCCCC1. The van der Waals surface area contributed by atoms with Crippen LogP contribution in [-0.4, -0.2) is 45.0 Å². The van der Waals surface area contributed by atoms with Crippen LogP contribution in [0.3, 0.4) is 0 Å². The second kappa shape index (κ2) is 13.7. The zero-order chi connectivity index (χ0) is 28.5. The fraction of sp³-hybridized carbons (Fsp3) is 0.419. The topological polar surface area (TPSA) is 117 Å². The molecular weight excluding hydrogens is 529 g/mol. The number of rotatable bonds is 14. The molecule has 1 saturated carbocycles. The molecule has 2 atom stereocenters. The molecule has 40 heavy (non-hydrogen) atoms. The Bertz CT molecular complexity index is 1230. The molecule has 0 bridgehead atoms. The van der Waals surface area contributed by atoms with Gasteiger partial charge in [0, 0.05) is 12.6 Å². The van der Waals surface area contributed by atoms with Crippen LogP contribution < -0.4 is 19.5 Å². The third-order valence-electron chi connectivity index (χ3n) is 7.64. The van der Waals surface area contributed by atoms with Crippen LogP contribution in [0.2, 0.25) is 0 Å². The molecule has 8 nitrogen and oxygen atoms in total. The van der Waals surface area contributed by atoms with E-state index in [0.717, 1.165) is 12.0 Å². The third kappa shape index (κ3) is 7.25. The molecule has 9 heteroatoms. The fourth-order valence-corrected chi connectivity index (χ4v) is 7.16. The second-order valence-electron chi connectivity index (χ2n) is 10.3. The van der Waals surface area contributed by atoms with Gasteiger partial charge in [-0.15, -0.1) is 0 Å². The van der Waals surface area contributed by atoms with Gasteiger partial charge in [-0.2, -0.15) is 0 Å². The lowest BCUT2D eigenvalue weighted by Gasteiger charge is -2.52. The van der Waals surface area contributed by atoms with Crippen molar-refractivity contribution < 1.29 is 33.7 Å². The summed E-state index contributed by atoms with van der Waals surface area (Å²) in [5.41, 5.74) is -0.335. The number of hydrogen-bond donors (Lipinski definition) is 4. The van der Waals surface area contributed by atoms with Crippen molar-refractivity contribution in [2.24, 2.45) is 0 Å². The molecule has 4 N–H and O–H groups in total. The summed E-state index contributed by atoms with van der Waals surface area (Å²) in [7, 11) is -4.62. The van der Waals surface area contributed by atoms with Gasteiger partial charge in [-0.1, -0.05) is 80.8 Å². The van der Waals surface area contributed by atoms with Crippen LogP contribution in [0.1, 0.15) is 51.0 Å². The predicted molar refractivity (Wildman–Crippen MR) is 155 cm³/mol. The van der Waals surface area contributed by atoms with E-state index in [1.54, 1.807) is 24.3 Å². The predicted octanol–water partition coefficient (Wildman–Crippen LogP) is 5.66. The molecule has 0 aromatic heterocycles. The molecule has 1 aliphatic carbocycles. The van der Waals surface area contributed by atoms with E-state index in [1.807, 2.05) is 67.6 Å². The molecule has 4 rings (SSSR count). The van der Waals surface area contributed by atoms with Gasteiger partial charge >= 0.3 is 7.60 Å². The Labute approximate surface area is 236 Å². The lowest BCUT2D eigenvalue weighted by molar-refractivity contribution is -0.0458. The Morgan fingerprint density at radius 3 is 2.10 bits per heavy atom. The first-order valence-electron chi connectivity index (χ1n) is 13.9. The van der Waals surface area contributed by atoms with E-state index >= 15 is 0 Å². The van der Waals surface area contributed by atoms with Crippen LogP contribution in [-0.2, 0) is 11.2 Å². The number of para-hydroxylation sites is 1. The van der Waals surface area contributed by atoms with Gasteiger partial charge in [-0.3, -0.25) is 9.88 Å². The molecule has 3 aromatic rings. The van der Waals surface area contributed by atoms with Crippen molar-refractivity contribution in [3.8, 4) is 17.2 Å². The zero-order valence-corrected chi connectivity index (χ0v) is 23.8. The minimum absolute atomic E-state index is 0.0205. The third-order valence-corrected chi connectivity index (χ3v) is 9.57. The van der Waals surface area contributed by atoms with Crippen molar-refractivity contribution in [1.82, 2.24) is 5.32 Å². The molecule has 0 aliphatic heterocycles. The second-order valence-corrected chi connectivity index (χ2v) is 12.3. The molecule has 1 aliphatic rings. The molecule has 0 saturated heterocycles. The smallest absolute Gasteiger partial charge is 0.337 e. The first kappa shape index (κ1) is 30.1. The highest BCUT2D eigenvalue weighted by molar-refractivity contribution is 7.53. The molecule has 0 amide bonds. The quantitative estimate of drug-likeness (QED) is 0.145. The zero-order valence-electron chi connectivity index (χ0n) is 22.9. The average Bonchev–Trinajstić information content (AvgIpc) is 2.98. The monoisotopic (exact) mass is 569 g/mol. The Balaban J connectivity index is 1.44. The van der Waals surface area contributed by atoms with Crippen molar-refractivity contribution >= 4 is 7.60 Å². The normalized spacial score (nSPS) is 17.4. The van der Waals surface area contributed by atoms with Gasteiger partial charge in [0.2, 0.25) is 0 Å². The lowest BCUT2D eigenvalue weighted by atomic mass is 9.78. The van der Waals surface area contributed by atoms with Gasteiger partial charge in [-0.25, -0.2) is 0 Å². The Morgan fingerprint density at radius 2 is 1.48 bits per heavy atom. The lowest BCUT2D eigenvalue weighted by Crippen LogP contribution is -2.67. The van der Waals surface area contributed by atoms with Crippen molar-refractivity contribution in [1.29, 1.82) is 0 Å². The van der Waals surface area contributed by atoms with Gasteiger partial charge in [0.1, 0.15) is 41.7 Å². The molecule has 2 unspecified atom stereocenters. The molecule has 1 fully saturated rings. The van der Waals surface area contributed by atoms with E-state index in [1.165, 1.54) is 0 Å². The number of benzene rings is 3. The largest absolute Gasteiger partial charge is 0.491 e. The van der Waals surface area contributed by atoms with E-state index < -0.39 is 24.6 Å². The van der Waals surface area contributed by atoms with Gasteiger partial charge in [0.25, 0.3) is 0 Å². The maximum absolute atomic E-state index is 13.1. The van der Waals surface area contributed by atoms with Crippen molar-refractivity contribution in [2.45, 2.75) is 69.0 Å². The number of aliphatic hydroxyl groups excluding tert-OH is 1. The van der Waals surface area contributed by atoms with Gasteiger partial charge < -0.3 is 29.1 Å². The van der Waals surface area contributed by atoms with E-state index in [4.69, 9.17) is 14.2 Å². The summed E-state index contributed by atoms with van der Waals surface area (Å²) in [6.07, 6.45) is 2.29. The van der Waals surface area contributed by atoms with Crippen molar-refractivity contribution in [3.63, 3.8) is 0 Å². The van der Waals surface area contributed by atoms with Crippen LogP contribution in [0.15, 0.2) is 84.9 Å². The standard InChI is InChI=1S/C31H40NO7P/c1-2-31(39-27-15-8-4-9-16-27,30(40(34,35)36)19-10-5-11-20-30)32-22-26(33)24-38-29-18-12-17-28(21-29)37-23-25-13-6-3-7-14-25/h3-4,6-9,12-18,21,26,32-33H,2,5,10-11,19-20,22-24H2,1H3,(H2,34,35,36). The summed E-state index contributed by atoms with van der Waals surface area (Å²) in [4.78, 5) is 21.4. The van der Waals surface area contributed by atoms with E-state index in [9.17, 15) is 19.5 Å². The van der Waals surface area contributed by atoms with E-state index in [-0.39, 0.29) is 13.2 Å². The first-order valence-corrected chi connectivity index (χ1v) is 15.5. The summed E-state index contributed by atoms with van der Waals surface area (Å²) < 4.78 is 31.3. The summed E-state index contributed by atoms with van der Waals surface area (Å²) in [5.74, 6) is 1.70. The summed E-state index contributed by atoms with van der Waals surface area (Å²) >= 11 is 0. The maximum atomic E-state index is 13.1. The van der Waals surface area contributed by atoms with Gasteiger partial charge in [0.15, 0.2) is 5.72 Å². The van der Waals surface area contributed by atoms with Crippen LogP contribution in [0, 0.1) is 0 Å². The summed E-state index contributed by atoms with van der Waals surface area (Å²) in [6.45, 7) is 2.28. The molecule has 216 valence electrons. The Morgan fingerprint density at radius 1 is 0.875 bits per heavy atom. The van der Waals surface area contributed by atoms with Crippen LogP contribution in [0.25, 0.3) is 0 Å². The van der Waals surface area contributed by atoms with Gasteiger partial charge in [-0.05, 0) is 49.1 Å². The molecular formula is C31H40NO7P. The van der Waals surface area contributed by atoms with E-state index in [2.05, 4.69) is 5.32 Å². The highest BCUT2D eigenvalue weighted by Gasteiger charge is 2.62. The summed E-state index contributed by atoms with van der Waals surface area (Å²) in [6, 6.07) is 26.1.